The van der Waals surface area contributed by atoms with Crippen LogP contribution < -0.4 is 0 Å². The number of hydrogen-bond acceptors (Lipinski definition) is 5. The number of rotatable bonds is 4. The third kappa shape index (κ3) is 2.78. The van der Waals surface area contributed by atoms with Crippen LogP contribution in [-0.4, -0.2) is 31.3 Å². The zero-order valence-corrected chi connectivity index (χ0v) is 9.26. The highest BCUT2D eigenvalue weighted by molar-refractivity contribution is 7.09. The molecule has 1 heterocycles. The highest BCUT2D eigenvalue weighted by atomic mass is 32.1. The van der Waals surface area contributed by atoms with Gasteiger partial charge in [-0.2, -0.15) is 0 Å². The van der Waals surface area contributed by atoms with Gasteiger partial charge in [-0.1, -0.05) is 0 Å². The van der Waals surface area contributed by atoms with Crippen molar-refractivity contribution in [2.75, 3.05) is 14.2 Å². The number of ether oxygens (including phenoxy) is 2. The van der Waals surface area contributed by atoms with Crippen molar-refractivity contribution in [2.24, 2.45) is 0 Å². The van der Waals surface area contributed by atoms with E-state index >= 15 is 0 Å². The molecule has 1 rings (SSSR count). The van der Waals surface area contributed by atoms with E-state index in [2.05, 4.69) is 9.72 Å². The molecule has 14 heavy (non-hydrogen) atoms. The van der Waals surface area contributed by atoms with E-state index in [1.165, 1.54) is 18.4 Å². The van der Waals surface area contributed by atoms with Crippen molar-refractivity contribution in [1.29, 1.82) is 0 Å². The molecule has 0 aliphatic carbocycles. The maximum Gasteiger partial charge on any atom is 0.357 e. The fourth-order valence-electron chi connectivity index (χ4n) is 0.932. The first-order valence-corrected chi connectivity index (χ1v) is 5.10. The van der Waals surface area contributed by atoms with E-state index in [4.69, 9.17) is 4.74 Å². The van der Waals surface area contributed by atoms with Crippen molar-refractivity contribution in [3.8, 4) is 0 Å². The van der Waals surface area contributed by atoms with Crippen molar-refractivity contribution < 1.29 is 14.3 Å². The van der Waals surface area contributed by atoms with Crippen LogP contribution in [0.5, 0.6) is 0 Å². The van der Waals surface area contributed by atoms with E-state index in [0.29, 0.717) is 5.69 Å². The van der Waals surface area contributed by atoms with Crippen molar-refractivity contribution in [3.63, 3.8) is 0 Å². The molecule has 1 atom stereocenters. The fourth-order valence-corrected chi connectivity index (χ4v) is 1.81. The van der Waals surface area contributed by atoms with Crippen molar-refractivity contribution in [3.05, 3.63) is 16.1 Å². The Morgan fingerprint density at radius 1 is 1.64 bits per heavy atom. The van der Waals surface area contributed by atoms with Gasteiger partial charge in [-0.15, -0.1) is 11.3 Å². The highest BCUT2D eigenvalue weighted by Gasteiger charge is 2.12. The van der Waals surface area contributed by atoms with Gasteiger partial charge < -0.3 is 9.47 Å². The average molecular weight is 215 g/mol. The minimum Gasteiger partial charge on any atom is -0.464 e. The number of carbonyl (C=O) groups is 1. The number of carbonyl (C=O) groups excluding carboxylic acids is 1. The van der Waals surface area contributed by atoms with Crippen molar-refractivity contribution >= 4 is 17.3 Å². The Hall–Kier alpha value is -0.940. The Morgan fingerprint density at radius 2 is 2.36 bits per heavy atom. The molecule has 4 nitrogen and oxygen atoms in total. The first-order valence-electron chi connectivity index (χ1n) is 4.23. The molecule has 0 fully saturated rings. The van der Waals surface area contributed by atoms with Crippen molar-refractivity contribution in [1.82, 2.24) is 4.98 Å². The standard InChI is InChI=1S/C9H13NO3S/c1-6(12-2)4-8-10-7(5-14-8)9(11)13-3/h5-6H,4H2,1-3H3. The molecule has 0 amide bonds. The molecule has 1 unspecified atom stereocenters. The van der Waals surface area contributed by atoms with Gasteiger partial charge in [0.25, 0.3) is 0 Å². The topological polar surface area (TPSA) is 48.4 Å². The average Bonchev–Trinajstić information content (AvgIpc) is 2.65. The second-order valence-corrected chi connectivity index (χ2v) is 3.81. The predicted octanol–water partition coefficient (Wildman–Crippen LogP) is 1.51. The molecule has 0 aliphatic heterocycles. The van der Waals surface area contributed by atoms with Crippen LogP contribution in [0.15, 0.2) is 5.38 Å². The predicted molar refractivity (Wildman–Crippen MR) is 53.6 cm³/mol. The lowest BCUT2D eigenvalue weighted by Crippen LogP contribution is -2.09. The smallest absolute Gasteiger partial charge is 0.357 e. The molecular weight excluding hydrogens is 202 g/mol. The fraction of sp³-hybridized carbons (Fsp3) is 0.556. The van der Waals surface area contributed by atoms with E-state index in [1.54, 1.807) is 12.5 Å². The van der Waals surface area contributed by atoms with Gasteiger partial charge >= 0.3 is 5.97 Å². The van der Waals surface area contributed by atoms with Gasteiger partial charge in [-0.25, -0.2) is 9.78 Å². The summed E-state index contributed by atoms with van der Waals surface area (Å²) in [5, 5.41) is 2.59. The highest BCUT2D eigenvalue weighted by Crippen LogP contribution is 2.13. The van der Waals surface area contributed by atoms with Crippen molar-refractivity contribution in [2.45, 2.75) is 19.4 Å². The summed E-state index contributed by atoms with van der Waals surface area (Å²) in [6, 6.07) is 0. The summed E-state index contributed by atoms with van der Waals surface area (Å²) in [6.07, 6.45) is 0.838. The van der Waals surface area contributed by atoms with Crippen LogP contribution in [0.25, 0.3) is 0 Å². The normalized spacial score (nSPS) is 12.5. The Balaban J connectivity index is 2.63. The zero-order valence-electron chi connectivity index (χ0n) is 8.44. The molecule has 78 valence electrons. The summed E-state index contributed by atoms with van der Waals surface area (Å²) >= 11 is 1.44. The van der Waals surface area contributed by atoms with E-state index in [1.807, 2.05) is 6.92 Å². The Morgan fingerprint density at radius 3 is 2.93 bits per heavy atom. The lowest BCUT2D eigenvalue weighted by atomic mass is 10.3. The molecular formula is C9H13NO3S. The van der Waals surface area contributed by atoms with Gasteiger partial charge in [0.2, 0.25) is 0 Å². The summed E-state index contributed by atoms with van der Waals surface area (Å²) in [4.78, 5) is 15.2. The maximum absolute atomic E-state index is 11.1. The third-order valence-corrected chi connectivity index (χ3v) is 2.68. The molecule has 0 spiro atoms. The Kier molecular flexibility index (Phi) is 4.03. The maximum atomic E-state index is 11.1. The Labute approximate surface area is 86.9 Å². The summed E-state index contributed by atoms with van der Waals surface area (Å²) in [5.41, 5.74) is 0.371. The van der Waals surface area contributed by atoms with Gasteiger partial charge in [-0.3, -0.25) is 0 Å². The summed E-state index contributed by atoms with van der Waals surface area (Å²) in [5.74, 6) is -0.391. The molecule has 0 N–H and O–H groups in total. The number of methoxy groups -OCH3 is 2. The molecule has 0 radical (unpaired) electrons. The lowest BCUT2D eigenvalue weighted by Gasteiger charge is -2.05. The zero-order chi connectivity index (χ0) is 10.6. The second kappa shape index (κ2) is 5.07. The first kappa shape index (κ1) is 11.1. The third-order valence-electron chi connectivity index (χ3n) is 1.81. The summed E-state index contributed by atoms with van der Waals surface area (Å²) in [6.45, 7) is 1.96. The second-order valence-electron chi connectivity index (χ2n) is 2.87. The molecule has 0 bridgehead atoms. The molecule has 1 aromatic heterocycles. The number of nitrogens with zero attached hydrogens (tertiary/aromatic N) is 1. The van der Waals surface area contributed by atoms with Crippen LogP contribution in [0.3, 0.4) is 0 Å². The van der Waals surface area contributed by atoms with E-state index in [-0.39, 0.29) is 6.10 Å². The largest absolute Gasteiger partial charge is 0.464 e. The minimum atomic E-state index is -0.391. The molecule has 1 aromatic rings. The number of thiazole rings is 1. The van der Waals surface area contributed by atoms with Gasteiger partial charge in [0.05, 0.1) is 18.2 Å². The number of aromatic nitrogens is 1. The summed E-state index contributed by atoms with van der Waals surface area (Å²) < 4.78 is 9.66. The number of esters is 1. The van der Waals surface area contributed by atoms with E-state index in [0.717, 1.165) is 11.4 Å². The SMILES string of the molecule is COC(=O)c1csc(CC(C)OC)n1. The van der Waals surface area contributed by atoms with Gasteiger partial charge in [-0.05, 0) is 6.92 Å². The van der Waals surface area contributed by atoms with Gasteiger partial charge in [0.15, 0.2) is 5.69 Å². The monoisotopic (exact) mass is 215 g/mol. The molecule has 0 saturated carbocycles. The van der Waals surface area contributed by atoms with Crippen LogP contribution in [-0.2, 0) is 15.9 Å². The summed E-state index contributed by atoms with van der Waals surface area (Å²) in [7, 11) is 3.00. The van der Waals surface area contributed by atoms with Crippen LogP contribution in [0.4, 0.5) is 0 Å². The minimum absolute atomic E-state index is 0.117. The number of hydrogen-bond donors (Lipinski definition) is 0. The molecule has 0 saturated heterocycles. The van der Waals surface area contributed by atoms with E-state index in [9.17, 15) is 4.79 Å². The van der Waals surface area contributed by atoms with Crippen LogP contribution in [0.2, 0.25) is 0 Å². The van der Waals surface area contributed by atoms with Crippen LogP contribution in [0, 0.1) is 0 Å². The van der Waals surface area contributed by atoms with Gasteiger partial charge in [0.1, 0.15) is 0 Å². The lowest BCUT2D eigenvalue weighted by molar-refractivity contribution is 0.0594. The van der Waals surface area contributed by atoms with Crippen LogP contribution >= 0.6 is 11.3 Å². The molecule has 0 aliphatic rings. The quantitative estimate of drug-likeness (QED) is 0.714. The molecule has 5 heteroatoms. The van der Waals surface area contributed by atoms with E-state index < -0.39 is 5.97 Å². The van der Waals surface area contributed by atoms with Crippen LogP contribution in [0.1, 0.15) is 22.4 Å². The Bertz CT molecular complexity index is 311. The molecule has 0 aromatic carbocycles. The van der Waals surface area contributed by atoms with Gasteiger partial charge in [0, 0.05) is 18.9 Å². The first-order chi connectivity index (χ1) is 6.67.